The average molecular weight is 495 g/mol. The van der Waals surface area contributed by atoms with E-state index in [1.165, 1.54) is 6.07 Å². The zero-order valence-electron chi connectivity index (χ0n) is 19.6. The summed E-state index contributed by atoms with van der Waals surface area (Å²) in [6, 6.07) is 18.7. The van der Waals surface area contributed by atoms with Crippen molar-refractivity contribution in [2.75, 3.05) is 7.11 Å². The summed E-state index contributed by atoms with van der Waals surface area (Å²) in [4.78, 5) is 29.1. The van der Waals surface area contributed by atoms with Crippen LogP contribution >= 0.6 is 0 Å². The fourth-order valence-electron chi connectivity index (χ4n) is 4.92. The van der Waals surface area contributed by atoms with E-state index >= 15 is 0 Å². The molecule has 1 fully saturated rings. The number of rotatable bonds is 6. The van der Waals surface area contributed by atoms with E-state index < -0.39 is 23.7 Å². The SMILES string of the molecule is COc1cccc(C2C(C(=O)NCc3cccc(C(F)(F)F)c3)c3ccccc3C(=O)N2C2CC2)c1. The number of nitrogens with zero attached hydrogens (tertiary/aromatic N) is 1. The van der Waals surface area contributed by atoms with Crippen LogP contribution in [-0.4, -0.2) is 29.9 Å². The van der Waals surface area contributed by atoms with Crippen molar-refractivity contribution in [2.45, 2.75) is 43.6 Å². The molecular weight excluding hydrogens is 469 g/mol. The molecule has 1 N–H and O–H groups in total. The van der Waals surface area contributed by atoms with Gasteiger partial charge in [-0.1, -0.05) is 42.5 Å². The summed E-state index contributed by atoms with van der Waals surface area (Å²) in [5.74, 6) is -0.608. The van der Waals surface area contributed by atoms with Crippen LogP contribution in [-0.2, 0) is 17.5 Å². The van der Waals surface area contributed by atoms with Gasteiger partial charge in [-0.25, -0.2) is 0 Å². The van der Waals surface area contributed by atoms with Gasteiger partial charge < -0.3 is 15.0 Å². The standard InChI is InChI=1S/C28H25F3N2O3/c1-36-21-9-5-7-18(15-21)25-24(22-10-2-3-11-23(22)27(35)33(25)20-12-13-20)26(34)32-16-17-6-4-8-19(14-17)28(29,30)31/h2-11,14-15,20,24-25H,12-13,16H2,1H3,(H,32,34). The molecule has 2 aliphatic rings. The zero-order chi connectivity index (χ0) is 25.4. The van der Waals surface area contributed by atoms with E-state index in [9.17, 15) is 22.8 Å². The van der Waals surface area contributed by atoms with Crippen LogP contribution in [0.5, 0.6) is 5.75 Å². The van der Waals surface area contributed by atoms with E-state index in [1.807, 2.05) is 18.2 Å². The number of fused-ring (bicyclic) bond motifs is 1. The molecule has 3 aromatic carbocycles. The number of hydrogen-bond acceptors (Lipinski definition) is 3. The fourth-order valence-corrected chi connectivity index (χ4v) is 4.92. The highest BCUT2D eigenvalue weighted by Gasteiger charge is 2.49. The van der Waals surface area contributed by atoms with Crippen LogP contribution in [0.15, 0.2) is 72.8 Å². The molecule has 0 aromatic heterocycles. The molecule has 36 heavy (non-hydrogen) atoms. The van der Waals surface area contributed by atoms with Crippen molar-refractivity contribution >= 4 is 11.8 Å². The number of nitrogens with one attached hydrogen (secondary N) is 1. The predicted molar refractivity (Wildman–Crippen MR) is 127 cm³/mol. The van der Waals surface area contributed by atoms with Crippen LogP contribution in [0, 0.1) is 0 Å². The maximum atomic E-state index is 13.7. The third-order valence-electron chi connectivity index (χ3n) is 6.76. The first-order valence-electron chi connectivity index (χ1n) is 11.8. The molecule has 1 heterocycles. The first kappa shape index (κ1) is 23.9. The molecular formula is C28H25F3N2O3. The summed E-state index contributed by atoms with van der Waals surface area (Å²) < 4.78 is 44.8. The van der Waals surface area contributed by atoms with Gasteiger partial charge in [0.15, 0.2) is 0 Å². The van der Waals surface area contributed by atoms with Gasteiger partial charge in [0, 0.05) is 18.2 Å². The normalized spacial score (nSPS) is 19.6. The van der Waals surface area contributed by atoms with Crippen LogP contribution in [0.1, 0.15) is 57.4 Å². The van der Waals surface area contributed by atoms with Gasteiger partial charge in [0.05, 0.1) is 24.6 Å². The Bertz CT molecular complexity index is 1300. The molecule has 3 aromatic rings. The summed E-state index contributed by atoms with van der Waals surface area (Å²) in [7, 11) is 1.55. The van der Waals surface area contributed by atoms with Gasteiger partial charge in [0.1, 0.15) is 5.75 Å². The third kappa shape index (κ3) is 4.55. The Hall–Kier alpha value is -3.81. The highest BCUT2D eigenvalue weighted by atomic mass is 19.4. The Balaban J connectivity index is 1.52. The smallest absolute Gasteiger partial charge is 0.416 e. The topological polar surface area (TPSA) is 58.6 Å². The number of ether oxygens (including phenoxy) is 1. The average Bonchev–Trinajstić information content (AvgIpc) is 3.72. The predicted octanol–water partition coefficient (Wildman–Crippen LogP) is 5.47. The van der Waals surface area contributed by atoms with Gasteiger partial charge in [-0.05, 0) is 59.9 Å². The highest BCUT2D eigenvalue weighted by molar-refractivity contribution is 6.01. The van der Waals surface area contributed by atoms with Crippen molar-refractivity contribution < 1.29 is 27.5 Å². The molecule has 2 amide bonds. The number of carbonyl (C=O) groups excluding carboxylic acids is 2. The minimum absolute atomic E-state index is 0.0285. The molecule has 0 spiro atoms. The Morgan fingerprint density at radius 1 is 1.03 bits per heavy atom. The first-order chi connectivity index (χ1) is 17.3. The van der Waals surface area contributed by atoms with E-state index in [4.69, 9.17) is 4.74 Å². The lowest BCUT2D eigenvalue weighted by Crippen LogP contribution is -2.48. The molecule has 0 radical (unpaired) electrons. The zero-order valence-corrected chi connectivity index (χ0v) is 19.6. The largest absolute Gasteiger partial charge is 0.497 e. The Labute approximate surface area is 206 Å². The van der Waals surface area contributed by atoms with E-state index in [2.05, 4.69) is 5.32 Å². The van der Waals surface area contributed by atoms with Gasteiger partial charge in [-0.2, -0.15) is 13.2 Å². The lowest BCUT2D eigenvalue weighted by atomic mass is 9.79. The maximum absolute atomic E-state index is 13.7. The quantitative estimate of drug-likeness (QED) is 0.494. The van der Waals surface area contributed by atoms with Gasteiger partial charge in [-0.15, -0.1) is 0 Å². The number of amides is 2. The molecule has 0 bridgehead atoms. The summed E-state index contributed by atoms with van der Waals surface area (Å²) in [5, 5.41) is 2.84. The molecule has 2 atom stereocenters. The van der Waals surface area contributed by atoms with E-state index in [0.717, 1.165) is 30.5 Å². The minimum atomic E-state index is -4.47. The van der Waals surface area contributed by atoms with Crippen molar-refractivity contribution in [3.8, 4) is 5.75 Å². The van der Waals surface area contributed by atoms with Crippen LogP contribution in [0.2, 0.25) is 0 Å². The Morgan fingerprint density at radius 2 is 1.78 bits per heavy atom. The van der Waals surface area contributed by atoms with Crippen molar-refractivity contribution in [1.29, 1.82) is 0 Å². The molecule has 0 saturated heterocycles. The monoisotopic (exact) mass is 494 g/mol. The molecule has 1 saturated carbocycles. The van der Waals surface area contributed by atoms with Gasteiger partial charge in [0.2, 0.25) is 5.91 Å². The van der Waals surface area contributed by atoms with E-state index in [1.54, 1.807) is 48.4 Å². The Kier molecular flexibility index (Phi) is 6.20. The lowest BCUT2D eigenvalue weighted by molar-refractivity contribution is -0.137. The number of halogens is 3. The van der Waals surface area contributed by atoms with Crippen LogP contribution in [0.25, 0.3) is 0 Å². The number of carbonyl (C=O) groups is 2. The summed E-state index contributed by atoms with van der Waals surface area (Å²) in [6.07, 6.45) is -2.76. The molecule has 2 unspecified atom stereocenters. The molecule has 186 valence electrons. The molecule has 1 aliphatic heterocycles. The Morgan fingerprint density at radius 3 is 2.50 bits per heavy atom. The first-order valence-corrected chi connectivity index (χ1v) is 11.8. The van der Waals surface area contributed by atoms with Crippen molar-refractivity contribution in [3.05, 3.63) is 101 Å². The van der Waals surface area contributed by atoms with Crippen LogP contribution in [0.3, 0.4) is 0 Å². The molecule has 5 nitrogen and oxygen atoms in total. The molecule has 8 heteroatoms. The van der Waals surface area contributed by atoms with Gasteiger partial charge >= 0.3 is 6.18 Å². The van der Waals surface area contributed by atoms with Crippen molar-refractivity contribution in [3.63, 3.8) is 0 Å². The maximum Gasteiger partial charge on any atom is 0.416 e. The van der Waals surface area contributed by atoms with Crippen LogP contribution < -0.4 is 10.1 Å². The molecule has 5 rings (SSSR count). The number of benzene rings is 3. The second kappa shape index (κ2) is 9.33. The van der Waals surface area contributed by atoms with E-state index in [-0.39, 0.29) is 24.4 Å². The van der Waals surface area contributed by atoms with Gasteiger partial charge in [0.25, 0.3) is 5.91 Å². The van der Waals surface area contributed by atoms with Crippen molar-refractivity contribution in [2.24, 2.45) is 0 Å². The third-order valence-corrected chi connectivity index (χ3v) is 6.76. The number of alkyl halides is 3. The fraction of sp³-hybridized carbons (Fsp3) is 0.286. The highest BCUT2D eigenvalue weighted by Crippen LogP contribution is 2.48. The summed E-state index contributed by atoms with van der Waals surface area (Å²) in [5.41, 5.74) is 1.42. The van der Waals surface area contributed by atoms with Crippen LogP contribution in [0.4, 0.5) is 13.2 Å². The van der Waals surface area contributed by atoms with Crippen molar-refractivity contribution in [1.82, 2.24) is 10.2 Å². The minimum Gasteiger partial charge on any atom is -0.497 e. The number of hydrogen-bond donors (Lipinski definition) is 1. The second-order valence-electron chi connectivity index (χ2n) is 9.15. The van der Waals surface area contributed by atoms with Gasteiger partial charge in [-0.3, -0.25) is 9.59 Å². The van der Waals surface area contributed by atoms with E-state index in [0.29, 0.717) is 22.4 Å². The number of methoxy groups -OCH3 is 1. The summed E-state index contributed by atoms with van der Waals surface area (Å²) in [6.45, 7) is -0.0658. The second-order valence-corrected chi connectivity index (χ2v) is 9.15. The lowest BCUT2D eigenvalue weighted by Gasteiger charge is -2.42. The molecule has 1 aliphatic carbocycles. The summed E-state index contributed by atoms with van der Waals surface area (Å²) >= 11 is 0.